The molecular weight excluding hydrogens is 278 g/mol. The molecule has 0 saturated carbocycles. The van der Waals surface area contributed by atoms with Gasteiger partial charge in [0.15, 0.2) is 0 Å². The van der Waals surface area contributed by atoms with Gasteiger partial charge in [-0.05, 0) is 19.8 Å². The third-order valence-electron chi connectivity index (χ3n) is 2.95. The molecule has 0 atom stereocenters. The zero-order chi connectivity index (χ0) is 13.4. The van der Waals surface area contributed by atoms with Crippen LogP contribution in [0.5, 0.6) is 0 Å². The summed E-state index contributed by atoms with van der Waals surface area (Å²) in [5, 5.41) is 6.22. The topological polar surface area (TPSA) is 109 Å². The number of hydrogen-bond donors (Lipinski definition) is 2. The lowest BCUT2D eigenvalue weighted by atomic mass is 10.2. The minimum Gasteiger partial charge on any atom is -0.281 e. The Morgan fingerprint density at radius 3 is 2.50 bits per heavy atom. The molecule has 0 bridgehead atoms. The number of hydrogen-bond acceptors (Lipinski definition) is 5. The van der Waals surface area contributed by atoms with Crippen LogP contribution in [0.1, 0.15) is 18.5 Å². The van der Waals surface area contributed by atoms with Crippen molar-refractivity contribution in [2.24, 2.45) is 0 Å². The van der Waals surface area contributed by atoms with Gasteiger partial charge in [0.1, 0.15) is 14.7 Å². The Balaban J connectivity index is 2.09. The van der Waals surface area contributed by atoms with Crippen LogP contribution in [0.3, 0.4) is 0 Å². The Morgan fingerprint density at radius 1 is 1.39 bits per heavy atom. The van der Waals surface area contributed by atoms with Crippen LogP contribution in [-0.2, 0) is 19.9 Å². The van der Waals surface area contributed by atoms with E-state index in [1.165, 1.54) is 6.20 Å². The molecule has 2 rings (SSSR count). The van der Waals surface area contributed by atoms with Crippen LogP contribution >= 0.6 is 0 Å². The fourth-order valence-corrected chi connectivity index (χ4v) is 4.83. The number of nitrogens with zero attached hydrogens (tertiary/aromatic N) is 1. The summed E-state index contributed by atoms with van der Waals surface area (Å²) in [6.45, 7) is 1.62. The highest BCUT2D eigenvalue weighted by Crippen LogP contribution is 2.17. The number of aryl methyl sites for hydroxylation is 1. The quantitative estimate of drug-likeness (QED) is 0.786. The first-order chi connectivity index (χ1) is 8.30. The SMILES string of the molecule is Cc1[nH]ncc1S(=O)(=O)NC1CCS(=O)(=O)CC1. The van der Waals surface area contributed by atoms with Crippen molar-refractivity contribution >= 4 is 19.9 Å². The van der Waals surface area contributed by atoms with E-state index in [9.17, 15) is 16.8 Å². The maximum absolute atomic E-state index is 12.0. The summed E-state index contributed by atoms with van der Waals surface area (Å²) in [7, 11) is -6.61. The van der Waals surface area contributed by atoms with Crippen LogP contribution in [-0.4, -0.2) is 44.6 Å². The average Bonchev–Trinajstić information content (AvgIpc) is 2.68. The van der Waals surface area contributed by atoms with E-state index in [-0.39, 0.29) is 22.4 Å². The van der Waals surface area contributed by atoms with E-state index in [1.54, 1.807) is 6.92 Å². The van der Waals surface area contributed by atoms with Gasteiger partial charge in [0.25, 0.3) is 0 Å². The van der Waals surface area contributed by atoms with E-state index >= 15 is 0 Å². The van der Waals surface area contributed by atoms with Gasteiger partial charge in [0.2, 0.25) is 10.0 Å². The standard InChI is InChI=1S/C9H15N3O4S2/c1-7-9(6-10-11-7)18(15,16)12-8-2-4-17(13,14)5-3-8/h6,8,12H,2-5H2,1H3,(H,10,11). The van der Waals surface area contributed by atoms with Gasteiger partial charge in [0, 0.05) is 6.04 Å². The zero-order valence-corrected chi connectivity index (χ0v) is 11.5. The third kappa shape index (κ3) is 2.90. The molecule has 1 fully saturated rings. The van der Waals surface area contributed by atoms with Crippen molar-refractivity contribution in [1.82, 2.24) is 14.9 Å². The maximum atomic E-state index is 12.0. The lowest BCUT2D eigenvalue weighted by Crippen LogP contribution is -2.40. The van der Waals surface area contributed by atoms with E-state index in [4.69, 9.17) is 0 Å². The van der Waals surface area contributed by atoms with Gasteiger partial charge in [-0.2, -0.15) is 5.10 Å². The Kier molecular flexibility index (Phi) is 3.47. The first-order valence-corrected chi connectivity index (χ1v) is 8.83. The summed E-state index contributed by atoms with van der Waals surface area (Å²) in [5.41, 5.74) is 0.464. The van der Waals surface area contributed by atoms with Crippen molar-refractivity contribution in [3.63, 3.8) is 0 Å². The van der Waals surface area contributed by atoms with Gasteiger partial charge >= 0.3 is 0 Å². The van der Waals surface area contributed by atoms with E-state index in [0.29, 0.717) is 18.5 Å². The summed E-state index contributed by atoms with van der Waals surface area (Å²) >= 11 is 0. The minimum absolute atomic E-state index is 0.0323. The molecule has 0 aromatic carbocycles. The Labute approximate surface area is 106 Å². The second kappa shape index (κ2) is 4.63. The third-order valence-corrected chi connectivity index (χ3v) is 6.30. The number of rotatable bonds is 3. The fraction of sp³-hybridized carbons (Fsp3) is 0.667. The van der Waals surface area contributed by atoms with Crippen molar-refractivity contribution in [1.29, 1.82) is 0 Å². The summed E-state index contributed by atoms with van der Waals surface area (Å²) in [5.74, 6) is 0.0646. The molecule has 2 N–H and O–H groups in total. The van der Waals surface area contributed by atoms with Gasteiger partial charge in [-0.1, -0.05) is 0 Å². The molecule has 0 spiro atoms. The summed E-state index contributed by atoms with van der Waals surface area (Å²) < 4.78 is 49.1. The molecule has 0 unspecified atom stereocenters. The van der Waals surface area contributed by atoms with Crippen molar-refractivity contribution in [2.45, 2.75) is 30.7 Å². The number of sulfone groups is 1. The van der Waals surface area contributed by atoms with Crippen LogP contribution in [0.25, 0.3) is 0 Å². The van der Waals surface area contributed by atoms with Crippen LogP contribution in [0, 0.1) is 6.92 Å². The number of nitrogens with one attached hydrogen (secondary N) is 2. The fourth-order valence-electron chi connectivity index (χ4n) is 1.90. The largest absolute Gasteiger partial charge is 0.281 e. The molecule has 7 nitrogen and oxygen atoms in total. The van der Waals surface area contributed by atoms with Crippen molar-refractivity contribution in [3.8, 4) is 0 Å². The van der Waals surface area contributed by atoms with E-state index in [2.05, 4.69) is 14.9 Å². The number of H-pyrrole nitrogens is 1. The van der Waals surface area contributed by atoms with Gasteiger partial charge in [-0.25, -0.2) is 21.6 Å². The van der Waals surface area contributed by atoms with Crippen LogP contribution in [0.15, 0.2) is 11.1 Å². The van der Waals surface area contributed by atoms with Gasteiger partial charge in [0.05, 0.1) is 23.4 Å². The van der Waals surface area contributed by atoms with Crippen LogP contribution < -0.4 is 4.72 Å². The Bertz CT molecular complexity index is 619. The van der Waals surface area contributed by atoms with Gasteiger partial charge in [-0.15, -0.1) is 0 Å². The van der Waals surface area contributed by atoms with Crippen LogP contribution in [0.4, 0.5) is 0 Å². The van der Waals surface area contributed by atoms with Gasteiger partial charge < -0.3 is 0 Å². The number of aromatic amines is 1. The first kappa shape index (κ1) is 13.5. The Hall–Kier alpha value is -0.930. The van der Waals surface area contributed by atoms with Crippen molar-refractivity contribution in [3.05, 3.63) is 11.9 Å². The lowest BCUT2D eigenvalue weighted by molar-refractivity contribution is 0.505. The second-order valence-corrected chi connectivity index (χ2v) is 8.39. The molecular formula is C9H15N3O4S2. The molecule has 0 radical (unpaired) electrons. The minimum atomic E-state index is -3.62. The monoisotopic (exact) mass is 293 g/mol. The highest BCUT2D eigenvalue weighted by molar-refractivity contribution is 7.91. The van der Waals surface area contributed by atoms with Gasteiger partial charge in [-0.3, -0.25) is 5.10 Å². The smallest absolute Gasteiger partial charge is 0.244 e. The summed E-state index contributed by atoms with van der Waals surface area (Å²) in [6.07, 6.45) is 1.88. The predicted octanol–water partition coefficient (Wildman–Crippen LogP) is -0.426. The Morgan fingerprint density at radius 2 is 2.00 bits per heavy atom. The molecule has 1 saturated heterocycles. The molecule has 0 aliphatic carbocycles. The van der Waals surface area contributed by atoms with E-state index in [0.717, 1.165) is 0 Å². The molecule has 0 amide bonds. The first-order valence-electron chi connectivity index (χ1n) is 5.53. The highest BCUT2D eigenvalue weighted by atomic mass is 32.2. The molecule has 18 heavy (non-hydrogen) atoms. The molecule has 1 aromatic heterocycles. The van der Waals surface area contributed by atoms with E-state index in [1.807, 2.05) is 0 Å². The molecule has 2 heterocycles. The molecule has 1 aliphatic rings. The van der Waals surface area contributed by atoms with Crippen molar-refractivity contribution < 1.29 is 16.8 Å². The normalized spacial score (nSPS) is 20.9. The maximum Gasteiger partial charge on any atom is 0.244 e. The number of sulfonamides is 1. The molecule has 102 valence electrons. The summed E-state index contributed by atoms with van der Waals surface area (Å²) in [4.78, 5) is 0.107. The van der Waals surface area contributed by atoms with E-state index < -0.39 is 19.9 Å². The second-order valence-electron chi connectivity index (χ2n) is 4.41. The average molecular weight is 293 g/mol. The summed E-state index contributed by atoms with van der Waals surface area (Å²) in [6, 6.07) is -0.326. The molecule has 1 aromatic rings. The predicted molar refractivity (Wildman–Crippen MR) is 65.3 cm³/mol. The van der Waals surface area contributed by atoms with Crippen molar-refractivity contribution in [2.75, 3.05) is 11.5 Å². The highest BCUT2D eigenvalue weighted by Gasteiger charge is 2.28. The lowest BCUT2D eigenvalue weighted by Gasteiger charge is -2.22. The molecule has 1 aliphatic heterocycles. The number of aromatic nitrogens is 2. The zero-order valence-electron chi connectivity index (χ0n) is 9.88. The van der Waals surface area contributed by atoms with Crippen LogP contribution in [0.2, 0.25) is 0 Å². The molecule has 9 heteroatoms.